The molecule has 1 aromatic carbocycles. The van der Waals surface area contributed by atoms with Crippen LogP contribution >= 0.6 is 0 Å². The van der Waals surface area contributed by atoms with Gasteiger partial charge in [0.05, 0.1) is 12.7 Å². The summed E-state index contributed by atoms with van der Waals surface area (Å²) < 4.78 is 4.78. The van der Waals surface area contributed by atoms with E-state index in [0.29, 0.717) is 28.8 Å². The molecule has 4 N–H and O–H groups in total. The highest BCUT2D eigenvalue weighted by Gasteiger charge is 2.26. The second-order valence-electron chi connectivity index (χ2n) is 5.54. The Bertz CT molecular complexity index is 796. The second kappa shape index (κ2) is 7.65. The Morgan fingerprint density at radius 2 is 1.88 bits per heavy atom. The first-order valence-electron chi connectivity index (χ1n) is 7.85. The minimum atomic E-state index is -0.969. The molecule has 132 valence electrons. The summed E-state index contributed by atoms with van der Waals surface area (Å²) in [4.78, 5) is 39.3. The molecular weight excluding hydrogens is 322 g/mol. The molecule has 2 aromatic rings. The van der Waals surface area contributed by atoms with Crippen molar-refractivity contribution in [3.05, 3.63) is 58.4 Å². The molecule has 0 bridgehead atoms. The van der Waals surface area contributed by atoms with Gasteiger partial charge in [0.1, 0.15) is 11.7 Å². The number of H-pyrrole nitrogens is 1. The van der Waals surface area contributed by atoms with Gasteiger partial charge in [-0.25, -0.2) is 4.79 Å². The fourth-order valence-corrected chi connectivity index (χ4v) is 2.70. The number of carbonyl (C=O) groups is 3. The van der Waals surface area contributed by atoms with Crippen molar-refractivity contribution in [2.75, 3.05) is 7.11 Å². The van der Waals surface area contributed by atoms with Gasteiger partial charge < -0.3 is 20.8 Å². The summed E-state index contributed by atoms with van der Waals surface area (Å²) in [6.45, 7) is 3.51. The summed E-state index contributed by atoms with van der Waals surface area (Å²) >= 11 is 0. The number of nitrogens with one attached hydrogen (secondary N) is 2. The number of methoxy groups -OCH3 is 1. The zero-order chi connectivity index (χ0) is 18.6. The molecule has 1 atom stereocenters. The van der Waals surface area contributed by atoms with Gasteiger partial charge in [-0.15, -0.1) is 0 Å². The molecule has 0 saturated heterocycles. The highest BCUT2D eigenvalue weighted by Crippen LogP contribution is 2.21. The molecule has 7 heteroatoms. The average molecular weight is 343 g/mol. The van der Waals surface area contributed by atoms with Gasteiger partial charge in [0.2, 0.25) is 5.91 Å². The SMILES string of the molecule is CCc1[nH]c(C(=O)NC(C(N)=O)c2ccccc2)c(C)c1C(=O)OC. The number of amides is 2. The van der Waals surface area contributed by atoms with Crippen LogP contribution in [0.4, 0.5) is 0 Å². The lowest BCUT2D eigenvalue weighted by Gasteiger charge is -2.15. The van der Waals surface area contributed by atoms with Crippen LogP contribution in [-0.4, -0.2) is 29.9 Å². The summed E-state index contributed by atoms with van der Waals surface area (Å²) in [5.74, 6) is -1.71. The number of aryl methyl sites for hydroxylation is 1. The van der Waals surface area contributed by atoms with E-state index in [1.807, 2.05) is 6.92 Å². The van der Waals surface area contributed by atoms with Crippen molar-refractivity contribution in [1.29, 1.82) is 0 Å². The van der Waals surface area contributed by atoms with E-state index in [9.17, 15) is 14.4 Å². The van der Waals surface area contributed by atoms with Crippen LogP contribution in [0.15, 0.2) is 30.3 Å². The third kappa shape index (κ3) is 3.71. The van der Waals surface area contributed by atoms with Crippen molar-refractivity contribution >= 4 is 17.8 Å². The van der Waals surface area contributed by atoms with Crippen molar-refractivity contribution in [1.82, 2.24) is 10.3 Å². The van der Waals surface area contributed by atoms with E-state index in [2.05, 4.69) is 10.3 Å². The fourth-order valence-electron chi connectivity index (χ4n) is 2.70. The normalized spacial score (nSPS) is 11.6. The fraction of sp³-hybridized carbons (Fsp3) is 0.278. The monoisotopic (exact) mass is 343 g/mol. The summed E-state index contributed by atoms with van der Waals surface area (Å²) in [5.41, 5.74) is 7.62. The van der Waals surface area contributed by atoms with E-state index in [-0.39, 0.29) is 5.69 Å². The lowest BCUT2D eigenvalue weighted by Crippen LogP contribution is -2.37. The maximum absolute atomic E-state index is 12.6. The molecule has 7 nitrogen and oxygen atoms in total. The minimum Gasteiger partial charge on any atom is -0.465 e. The van der Waals surface area contributed by atoms with Crippen LogP contribution in [0.3, 0.4) is 0 Å². The number of primary amides is 1. The van der Waals surface area contributed by atoms with Gasteiger partial charge in [-0.1, -0.05) is 37.3 Å². The molecule has 1 unspecified atom stereocenters. The van der Waals surface area contributed by atoms with E-state index < -0.39 is 23.8 Å². The molecule has 0 aliphatic heterocycles. The van der Waals surface area contributed by atoms with Crippen LogP contribution in [-0.2, 0) is 16.0 Å². The van der Waals surface area contributed by atoms with Crippen molar-refractivity contribution in [2.24, 2.45) is 5.73 Å². The van der Waals surface area contributed by atoms with Crippen molar-refractivity contribution in [3.63, 3.8) is 0 Å². The Balaban J connectivity index is 2.36. The van der Waals surface area contributed by atoms with Crippen molar-refractivity contribution in [2.45, 2.75) is 26.3 Å². The predicted octanol–water partition coefficient (Wildman–Crippen LogP) is 1.63. The molecule has 0 fully saturated rings. The van der Waals surface area contributed by atoms with Gasteiger partial charge in [-0.3, -0.25) is 9.59 Å². The number of ether oxygens (including phenoxy) is 1. The van der Waals surface area contributed by atoms with Crippen LogP contribution in [0.25, 0.3) is 0 Å². The zero-order valence-electron chi connectivity index (χ0n) is 14.4. The number of hydrogen-bond donors (Lipinski definition) is 3. The number of nitrogens with two attached hydrogens (primary N) is 1. The number of esters is 1. The zero-order valence-corrected chi connectivity index (χ0v) is 14.4. The van der Waals surface area contributed by atoms with Crippen LogP contribution in [0.2, 0.25) is 0 Å². The average Bonchev–Trinajstić information content (AvgIpc) is 2.95. The Morgan fingerprint density at radius 1 is 1.24 bits per heavy atom. The standard InChI is InChI=1S/C18H21N3O4/c1-4-12-13(18(24)25-3)10(2)14(20-12)17(23)21-15(16(19)22)11-8-6-5-7-9-11/h5-9,15,20H,4H2,1-3H3,(H2,19,22)(H,21,23). The van der Waals surface area contributed by atoms with Gasteiger partial charge in [-0.2, -0.15) is 0 Å². The third-order valence-corrected chi connectivity index (χ3v) is 3.99. The van der Waals surface area contributed by atoms with Crippen LogP contribution in [0.1, 0.15) is 50.6 Å². The van der Waals surface area contributed by atoms with Crippen molar-refractivity contribution < 1.29 is 19.1 Å². The lowest BCUT2D eigenvalue weighted by atomic mass is 10.1. The number of aromatic amines is 1. The van der Waals surface area contributed by atoms with Gasteiger partial charge in [0.25, 0.3) is 5.91 Å². The first-order chi connectivity index (χ1) is 11.9. The maximum atomic E-state index is 12.6. The molecular formula is C18H21N3O4. The Morgan fingerprint density at radius 3 is 2.40 bits per heavy atom. The molecule has 2 rings (SSSR count). The summed E-state index contributed by atoms with van der Waals surface area (Å²) in [5, 5.41) is 2.61. The van der Waals surface area contributed by atoms with E-state index >= 15 is 0 Å². The number of hydrogen-bond acceptors (Lipinski definition) is 4. The molecule has 2 amide bonds. The topological polar surface area (TPSA) is 114 Å². The van der Waals surface area contributed by atoms with Crippen LogP contribution in [0.5, 0.6) is 0 Å². The van der Waals surface area contributed by atoms with Crippen LogP contribution in [0, 0.1) is 6.92 Å². The summed E-state index contributed by atoms with van der Waals surface area (Å²) in [6, 6.07) is 7.74. The van der Waals surface area contributed by atoms with Gasteiger partial charge in [0, 0.05) is 5.69 Å². The number of aromatic nitrogens is 1. The molecule has 0 spiro atoms. The Hall–Kier alpha value is -3.09. The van der Waals surface area contributed by atoms with Crippen molar-refractivity contribution in [3.8, 4) is 0 Å². The van der Waals surface area contributed by atoms with Gasteiger partial charge >= 0.3 is 5.97 Å². The lowest BCUT2D eigenvalue weighted by molar-refractivity contribution is -0.120. The molecule has 1 aromatic heterocycles. The van der Waals surface area contributed by atoms with Crippen LogP contribution < -0.4 is 11.1 Å². The highest BCUT2D eigenvalue weighted by molar-refractivity contribution is 6.02. The molecule has 0 aliphatic carbocycles. The molecule has 0 aliphatic rings. The number of carbonyl (C=O) groups excluding carboxylic acids is 3. The first-order valence-corrected chi connectivity index (χ1v) is 7.85. The highest BCUT2D eigenvalue weighted by atomic mass is 16.5. The van der Waals surface area contributed by atoms with E-state index in [1.54, 1.807) is 37.3 Å². The molecule has 1 heterocycles. The number of benzene rings is 1. The predicted molar refractivity (Wildman–Crippen MR) is 92.1 cm³/mol. The quantitative estimate of drug-likeness (QED) is 0.692. The van der Waals surface area contributed by atoms with Gasteiger partial charge in [0.15, 0.2) is 0 Å². The Kier molecular flexibility index (Phi) is 5.59. The molecule has 0 saturated carbocycles. The van der Waals surface area contributed by atoms with E-state index in [0.717, 1.165) is 0 Å². The largest absolute Gasteiger partial charge is 0.465 e. The summed E-state index contributed by atoms with van der Waals surface area (Å²) in [6.07, 6.45) is 0.524. The molecule has 25 heavy (non-hydrogen) atoms. The second-order valence-corrected chi connectivity index (χ2v) is 5.54. The van der Waals surface area contributed by atoms with Gasteiger partial charge in [-0.05, 0) is 24.5 Å². The third-order valence-electron chi connectivity index (χ3n) is 3.99. The molecule has 0 radical (unpaired) electrons. The first kappa shape index (κ1) is 18.3. The number of rotatable bonds is 6. The summed E-state index contributed by atoms with van der Waals surface area (Å²) in [7, 11) is 1.28. The minimum absolute atomic E-state index is 0.208. The maximum Gasteiger partial charge on any atom is 0.339 e. The van der Waals surface area contributed by atoms with E-state index in [1.165, 1.54) is 7.11 Å². The van der Waals surface area contributed by atoms with E-state index in [4.69, 9.17) is 10.5 Å². The Labute approximate surface area is 145 Å². The smallest absolute Gasteiger partial charge is 0.339 e.